The van der Waals surface area contributed by atoms with Crippen molar-refractivity contribution >= 4 is 17.3 Å². The van der Waals surface area contributed by atoms with E-state index >= 15 is 0 Å². The lowest BCUT2D eigenvalue weighted by molar-refractivity contribution is -0.915. The van der Waals surface area contributed by atoms with Crippen LogP contribution in [0.5, 0.6) is 5.75 Å². The summed E-state index contributed by atoms with van der Waals surface area (Å²) in [6.45, 7) is 4.69. The molecule has 140 valence electrons. The highest BCUT2D eigenvalue weighted by atomic mass is 35.5. The number of hydrogen-bond donors (Lipinski definition) is 1. The van der Waals surface area contributed by atoms with Gasteiger partial charge < -0.3 is 19.1 Å². The van der Waals surface area contributed by atoms with Crippen LogP contribution in [0.25, 0.3) is 11.4 Å². The van der Waals surface area contributed by atoms with E-state index in [0.717, 1.165) is 49.7 Å². The lowest BCUT2D eigenvalue weighted by Gasteiger charge is -2.33. The van der Waals surface area contributed by atoms with Gasteiger partial charge >= 0.3 is 0 Å². The molecule has 7 heteroatoms. The minimum Gasteiger partial charge on any atom is -0.495 e. The van der Waals surface area contributed by atoms with Crippen LogP contribution in [0.1, 0.15) is 5.89 Å². The number of piperazine rings is 1. The van der Waals surface area contributed by atoms with Crippen molar-refractivity contribution in [2.24, 2.45) is 0 Å². The molecule has 0 saturated carbocycles. The summed E-state index contributed by atoms with van der Waals surface area (Å²) in [4.78, 5) is 8.34. The third kappa shape index (κ3) is 4.07. The van der Waals surface area contributed by atoms with Crippen LogP contribution < -0.4 is 14.5 Å². The number of benzene rings is 2. The monoisotopic (exact) mass is 385 g/mol. The number of nitrogens with one attached hydrogen (secondary N) is 1. The Bertz CT molecular complexity index is 889. The third-order valence-corrected chi connectivity index (χ3v) is 5.12. The first-order chi connectivity index (χ1) is 13.2. The number of nitrogens with zero attached hydrogens (tertiary/aromatic N) is 3. The minimum absolute atomic E-state index is 0.605. The summed E-state index contributed by atoms with van der Waals surface area (Å²) in [5, 5.41) is 4.79. The van der Waals surface area contributed by atoms with Crippen LogP contribution in [0, 0.1) is 0 Å². The van der Waals surface area contributed by atoms with E-state index in [9.17, 15) is 0 Å². The quantitative estimate of drug-likeness (QED) is 0.730. The van der Waals surface area contributed by atoms with Gasteiger partial charge in [-0.2, -0.15) is 4.98 Å². The molecule has 0 spiro atoms. The molecule has 1 aliphatic rings. The fourth-order valence-electron chi connectivity index (χ4n) is 3.39. The molecular formula is C20H22ClN4O2+. The topological polar surface area (TPSA) is 55.8 Å². The SMILES string of the molecule is COc1ccccc1N1CC[NH+](Cc2nc(-c3ccc(Cl)cc3)no2)CC1. The minimum atomic E-state index is 0.605. The molecule has 1 aromatic heterocycles. The van der Waals surface area contributed by atoms with Gasteiger partial charge in [-0.05, 0) is 36.4 Å². The summed E-state index contributed by atoms with van der Waals surface area (Å²) >= 11 is 5.93. The molecule has 0 radical (unpaired) electrons. The van der Waals surface area contributed by atoms with E-state index in [0.29, 0.717) is 16.7 Å². The molecule has 0 aliphatic carbocycles. The van der Waals surface area contributed by atoms with Gasteiger partial charge in [0.1, 0.15) is 5.75 Å². The van der Waals surface area contributed by atoms with Crippen molar-refractivity contribution in [3.05, 3.63) is 59.4 Å². The molecule has 1 saturated heterocycles. The van der Waals surface area contributed by atoms with Gasteiger partial charge in [-0.15, -0.1) is 0 Å². The Morgan fingerprint density at radius 1 is 1.11 bits per heavy atom. The maximum Gasteiger partial charge on any atom is 0.282 e. The number of halogens is 1. The highest BCUT2D eigenvalue weighted by Crippen LogP contribution is 2.27. The lowest BCUT2D eigenvalue weighted by Crippen LogP contribution is -3.13. The number of anilines is 1. The molecule has 1 fully saturated rings. The molecule has 0 atom stereocenters. The average Bonchev–Trinajstić information content (AvgIpc) is 3.17. The van der Waals surface area contributed by atoms with Crippen LogP contribution >= 0.6 is 11.6 Å². The number of ether oxygens (including phenoxy) is 1. The Labute approximate surface area is 163 Å². The first kappa shape index (κ1) is 17.8. The zero-order valence-corrected chi connectivity index (χ0v) is 15.9. The number of para-hydroxylation sites is 2. The van der Waals surface area contributed by atoms with Crippen molar-refractivity contribution in [1.82, 2.24) is 10.1 Å². The highest BCUT2D eigenvalue weighted by Gasteiger charge is 2.24. The zero-order valence-electron chi connectivity index (χ0n) is 15.2. The molecule has 0 bridgehead atoms. The number of methoxy groups -OCH3 is 1. The molecule has 2 heterocycles. The molecule has 27 heavy (non-hydrogen) atoms. The number of hydrogen-bond acceptors (Lipinski definition) is 5. The van der Waals surface area contributed by atoms with Gasteiger partial charge in [0.2, 0.25) is 5.82 Å². The van der Waals surface area contributed by atoms with E-state index in [1.54, 1.807) is 7.11 Å². The smallest absolute Gasteiger partial charge is 0.282 e. The van der Waals surface area contributed by atoms with Gasteiger partial charge in [0, 0.05) is 10.6 Å². The Hall–Kier alpha value is -2.57. The predicted octanol–water partition coefficient (Wildman–Crippen LogP) is 2.30. The van der Waals surface area contributed by atoms with Gasteiger partial charge in [-0.25, -0.2) is 0 Å². The molecule has 2 aromatic carbocycles. The Morgan fingerprint density at radius 3 is 2.59 bits per heavy atom. The molecule has 1 aliphatic heterocycles. The summed E-state index contributed by atoms with van der Waals surface area (Å²) in [5.41, 5.74) is 2.06. The first-order valence-corrected chi connectivity index (χ1v) is 9.41. The van der Waals surface area contributed by atoms with Crippen molar-refractivity contribution in [2.75, 3.05) is 38.2 Å². The van der Waals surface area contributed by atoms with E-state index in [-0.39, 0.29) is 0 Å². The van der Waals surface area contributed by atoms with Crippen LogP contribution in [0.2, 0.25) is 5.02 Å². The summed E-state index contributed by atoms with van der Waals surface area (Å²) in [5.74, 6) is 2.19. The molecular weight excluding hydrogens is 364 g/mol. The van der Waals surface area contributed by atoms with Gasteiger partial charge in [0.15, 0.2) is 6.54 Å². The second-order valence-electron chi connectivity index (χ2n) is 6.60. The molecule has 6 nitrogen and oxygen atoms in total. The van der Waals surface area contributed by atoms with E-state index in [2.05, 4.69) is 21.1 Å². The van der Waals surface area contributed by atoms with E-state index in [1.165, 1.54) is 4.90 Å². The Morgan fingerprint density at radius 2 is 1.85 bits per heavy atom. The zero-order chi connectivity index (χ0) is 18.6. The van der Waals surface area contributed by atoms with Crippen LogP contribution in [0.15, 0.2) is 53.1 Å². The van der Waals surface area contributed by atoms with Crippen LogP contribution in [-0.4, -0.2) is 43.4 Å². The van der Waals surface area contributed by atoms with Crippen LogP contribution in [-0.2, 0) is 6.54 Å². The largest absolute Gasteiger partial charge is 0.495 e. The third-order valence-electron chi connectivity index (χ3n) is 4.87. The maximum absolute atomic E-state index is 5.93. The molecule has 1 N–H and O–H groups in total. The maximum atomic E-state index is 5.93. The summed E-state index contributed by atoms with van der Waals surface area (Å²) in [7, 11) is 1.72. The number of aromatic nitrogens is 2. The Kier molecular flexibility index (Phi) is 5.27. The van der Waals surface area contributed by atoms with Crippen molar-refractivity contribution < 1.29 is 14.2 Å². The van der Waals surface area contributed by atoms with Crippen molar-refractivity contribution in [1.29, 1.82) is 0 Å². The summed E-state index contributed by atoms with van der Waals surface area (Å²) < 4.78 is 10.9. The fraction of sp³-hybridized carbons (Fsp3) is 0.300. The Balaban J connectivity index is 1.36. The summed E-state index contributed by atoms with van der Waals surface area (Å²) in [6, 6.07) is 15.6. The van der Waals surface area contributed by atoms with Gasteiger partial charge in [-0.3, -0.25) is 0 Å². The fourth-order valence-corrected chi connectivity index (χ4v) is 3.51. The number of rotatable bonds is 5. The standard InChI is InChI=1S/C20H21ClN4O2/c1-26-18-5-3-2-4-17(18)25-12-10-24(11-13-25)14-19-22-20(23-27-19)15-6-8-16(21)9-7-15/h2-9H,10-14H2,1H3/p+1. The second kappa shape index (κ2) is 7.98. The molecule has 3 aromatic rings. The highest BCUT2D eigenvalue weighted by molar-refractivity contribution is 6.30. The second-order valence-corrected chi connectivity index (χ2v) is 7.04. The normalized spacial score (nSPS) is 15.1. The molecule has 0 amide bonds. The van der Waals surface area contributed by atoms with Gasteiger partial charge in [-0.1, -0.05) is 28.9 Å². The summed E-state index contributed by atoms with van der Waals surface area (Å²) in [6.07, 6.45) is 0. The van der Waals surface area contributed by atoms with Crippen LogP contribution in [0.4, 0.5) is 5.69 Å². The van der Waals surface area contributed by atoms with Crippen molar-refractivity contribution in [3.8, 4) is 17.1 Å². The predicted molar refractivity (Wildman–Crippen MR) is 104 cm³/mol. The molecule has 4 rings (SSSR count). The number of quaternary nitrogens is 1. The van der Waals surface area contributed by atoms with Gasteiger partial charge in [0.25, 0.3) is 5.89 Å². The van der Waals surface area contributed by atoms with E-state index in [1.807, 2.05) is 42.5 Å². The lowest BCUT2D eigenvalue weighted by atomic mass is 10.2. The van der Waals surface area contributed by atoms with Gasteiger partial charge in [0.05, 0.1) is 39.0 Å². The first-order valence-electron chi connectivity index (χ1n) is 9.03. The average molecular weight is 386 g/mol. The van der Waals surface area contributed by atoms with Crippen molar-refractivity contribution in [2.45, 2.75) is 6.54 Å². The van der Waals surface area contributed by atoms with Crippen molar-refractivity contribution in [3.63, 3.8) is 0 Å². The van der Waals surface area contributed by atoms with Crippen LogP contribution in [0.3, 0.4) is 0 Å². The van der Waals surface area contributed by atoms with E-state index in [4.69, 9.17) is 20.9 Å². The molecule has 0 unspecified atom stereocenters. The van der Waals surface area contributed by atoms with E-state index < -0.39 is 0 Å².